The summed E-state index contributed by atoms with van der Waals surface area (Å²) in [6, 6.07) is 0. The number of carbonyl (C=O) groups excluding carboxylic acids is 2. The summed E-state index contributed by atoms with van der Waals surface area (Å²) in [7, 11) is 0. The fourth-order valence-corrected chi connectivity index (χ4v) is 2.99. The van der Waals surface area contributed by atoms with Crippen LogP contribution < -0.4 is 0 Å². The van der Waals surface area contributed by atoms with Gasteiger partial charge in [-0.05, 0) is 25.7 Å². The SMILES string of the molecule is CCCCCCCCC(CCCCCCCC)OC(=O)CCC=O. The second kappa shape index (κ2) is 18.5. The molecule has 0 rings (SSSR count). The number of carbonyl (C=O) groups is 2. The van der Waals surface area contributed by atoms with Gasteiger partial charge >= 0.3 is 5.97 Å². The van der Waals surface area contributed by atoms with Gasteiger partial charge in [-0.25, -0.2) is 0 Å². The third-order valence-corrected chi connectivity index (χ3v) is 4.52. The maximum absolute atomic E-state index is 11.8. The van der Waals surface area contributed by atoms with Gasteiger partial charge in [-0.1, -0.05) is 78.1 Å². The normalized spacial score (nSPS) is 11.0. The first-order valence-corrected chi connectivity index (χ1v) is 10.4. The molecule has 0 amide bonds. The van der Waals surface area contributed by atoms with E-state index in [2.05, 4.69) is 13.8 Å². The summed E-state index contributed by atoms with van der Waals surface area (Å²) in [5.41, 5.74) is 0. The minimum Gasteiger partial charge on any atom is -0.462 e. The van der Waals surface area contributed by atoms with E-state index in [1.165, 1.54) is 64.2 Å². The Labute approximate surface area is 149 Å². The van der Waals surface area contributed by atoms with E-state index in [9.17, 15) is 9.59 Å². The lowest BCUT2D eigenvalue weighted by Crippen LogP contribution is -2.18. The molecule has 142 valence electrons. The highest BCUT2D eigenvalue weighted by molar-refractivity contribution is 5.72. The highest BCUT2D eigenvalue weighted by atomic mass is 16.5. The van der Waals surface area contributed by atoms with Crippen molar-refractivity contribution in [2.24, 2.45) is 0 Å². The third kappa shape index (κ3) is 16.0. The molecule has 0 aliphatic carbocycles. The van der Waals surface area contributed by atoms with Crippen molar-refractivity contribution in [2.45, 2.75) is 123 Å². The van der Waals surface area contributed by atoms with Gasteiger partial charge in [0.1, 0.15) is 12.4 Å². The van der Waals surface area contributed by atoms with E-state index in [4.69, 9.17) is 4.74 Å². The van der Waals surface area contributed by atoms with Gasteiger partial charge in [0.2, 0.25) is 0 Å². The second-order valence-corrected chi connectivity index (χ2v) is 6.93. The van der Waals surface area contributed by atoms with E-state index in [0.29, 0.717) is 0 Å². The summed E-state index contributed by atoms with van der Waals surface area (Å²) in [5.74, 6) is -0.205. The van der Waals surface area contributed by atoms with Gasteiger partial charge in [-0.3, -0.25) is 4.79 Å². The molecule has 0 saturated carbocycles. The summed E-state index contributed by atoms with van der Waals surface area (Å²) in [6.07, 6.45) is 18.5. The minimum absolute atomic E-state index is 0.0569. The first-order valence-electron chi connectivity index (χ1n) is 10.4. The molecule has 0 aliphatic rings. The summed E-state index contributed by atoms with van der Waals surface area (Å²) in [5, 5.41) is 0. The Morgan fingerprint density at radius 3 is 1.71 bits per heavy atom. The molecule has 24 heavy (non-hydrogen) atoms. The van der Waals surface area contributed by atoms with E-state index >= 15 is 0 Å². The molecule has 0 fully saturated rings. The monoisotopic (exact) mass is 340 g/mol. The van der Waals surface area contributed by atoms with Crippen LogP contribution in [0.1, 0.15) is 117 Å². The Bertz CT molecular complexity index is 273. The van der Waals surface area contributed by atoms with Gasteiger partial charge in [-0.2, -0.15) is 0 Å². The van der Waals surface area contributed by atoms with Gasteiger partial charge in [0.15, 0.2) is 0 Å². The van der Waals surface area contributed by atoms with Gasteiger partial charge in [0, 0.05) is 6.42 Å². The molecule has 0 bridgehead atoms. The average molecular weight is 341 g/mol. The van der Waals surface area contributed by atoms with Crippen molar-refractivity contribution in [1.82, 2.24) is 0 Å². The van der Waals surface area contributed by atoms with Crippen LogP contribution in [0.5, 0.6) is 0 Å². The topological polar surface area (TPSA) is 43.4 Å². The van der Waals surface area contributed by atoms with Crippen LogP contribution in [0, 0.1) is 0 Å². The Morgan fingerprint density at radius 2 is 1.25 bits per heavy atom. The van der Waals surface area contributed by atoms with Crippen LogP contribution in [0.25, 0.3) is 0 Å². The largest absolute Gasteiger partial charge is 0.462 e. The summed E-state index contributed by atoms with van der Waals surface area (Å²) in [4.78, 5) is 22.2. The molecule has 0 aromatic rings. The van der Waals surface area contributed by atoms with E-state index in [1.54, 1.807) is 0 Å². The molecule has 0 N–H and O–H groups in total. The third-order valence-electron chi connectivity index (χ3n) is 4.52. The Morgan fingerprint density at radius 1 is 0.792 bits per heavy atom. The summed E-state index contributed by atoms with van der Waals surface area (Å²) in [6.45, 7) is 4.46. The number of esters is 1. The number of unbranched alkanes of at least 4 members (excludes halogenated alkanes) is 10. The Hall–Kier alpha value is -0.860. The van der Waals surface area contributed by atoms with Crippen LogP contribution >= 0.6 is 0 Å². The number of aldehydes is 1. The molecule has 3 nitrogen and oxygen atoms in total. The van der Waals surface area contributed by atoms with Crippen molar-refractivity contribution >= 4 is 12.3 Å². The standard InChI is InChI=1S/C21H40O3/c1-3-5-7-9-11-13-16-20(24-21(23)18-15-19-22)17-14-12-10-8-6-4-2/h19-20H,3-18H2,1-2H3. The molecule has 0 saturated heterocycles. The van der Waals surface area contributed by atoms with Gasteiger partial charge in [-0.15, -0.1) is 0 Å². The number of rotatable bonds is 18. The molecule has 0 aromatic carbocycles. The lowest BCUT2D eigenvalue weighted by molar-refractivity contribution is -0.150. The number of hydrogen-bond acceptors (Lipinski definition) is 3. The number of ether oxygens (including phenoxy) is 1. The lowest BCUT2D eigenvalue weighted by Gasteiger charge is -2.18. The first-order chi connectivity index (χ1) is 11.7. The predicted octanol–water partition coefficient (Wildman–Crippen LogP) is 6.38. The maximum atomic E-state index is 11.8. The smallest absolute Gasteiger partial charge is 0.306 e. The predicted molar refractivity (Wildman–Crippen MR) is 101 cm³/mol. The van der Waals surface area contributed by atoms with Crippen molar-refractivity contribution < 1.29 is 14.3 Å². The van der Waals surface area contributed by atoms with Crippen molar-refractivity contribution in [2.75, 3.05) is 0 Å². The van der Waals surface area contributed by atoms with E-state index < -0.39 is 0 Å². The van der Waals surface area contributed by atoms with Crippen molar-refractivity contribution in [3.63, 3.8) is 0 Å². The molecule has 0 radical (unpaired) electrons. The second-order valence-electron chi connectivity index (χ2n) is 6.93. The maximum Gasteiger partial charge on any atom is 0.306 e. The van der Waals surface area contributed by atoms with Crippen molar-refractivity contribution in [3.05, 3.63) is 0 Å². The molecule has 0 unspecified atom stereocenters. The Balaban J connectivity index is 3.95. The van der Waals surface area contributed by atoms with Crippen molar-refractivity contribution in [1.29, 1.82) is 0 Å². The Kier molecular flexibility index (Phi) is 17.8. The average Bonchev–Trinajstić information content (AvgIpc) is 2.58. The molecule has 0 aliphatic heterocycles. The van der Waals surface area contributed by atoms with E-state index in [1.807, 2.05) is 0 Å². The molecule has 0 heterocycles. The van der Waals surface area contributed by atoms with Crippen LogP contribution in [-0.4, -0.2) is 18.4 Å². The molecule has 0 aromatic heterocycles. The highest BCUT2D eigenvalue weighted by Gasteiger charge is 2.14. The molecule has 3 heteroatoms. The van der Waals surface area contributed by atoms with Gasteiger partial charge in [0.05, 0.1) is 6.42 Å². The highest BCUT2D eigenvalue weighted by Crippen LogP contribution is 2.17. The van der Waals surface area contributed by atoms with Crippen molar-refractivity contribution in [3.8, 4) is 0 Å². The van der Waals surface area contributed by atoms with Gasteiger partial charge in [0.25, 0.3) is 0 Å². The quantitative estimate of drug-likeness (QED) is 0.165. The molecular formula is C21H40O3. The summed E-state index contributed by atoms with van der Waals surface area (Å²) < 4.78 is 5.61. The van der Waals surface area contributed by atoms with E-state index in [-0.39, 0.29) is 24.9 Å². The lowest BCUT2D eigenvalue weighted by atomic mass is 10.0. The zero-order valence-electron chi connectivity index (χ0n) is 16.2. The number of hydrogen-bond donors (Lipinski definition) is 0. The zero-order chi connectivity index (χ0) is 17.9. The zero-order valence-corrected chi connectivity index (χ0v) is 16.2. The van der Waals surface area contributed by atoms with Crippen LogP contribution in [0.15, 0.2) is 0 Å². The van der Waals surface area contributed by atoms with E-state index in [0.717, 1.165) is 32.0 Å². The van der Waals surface area contributed by atoms with Crippen LogP contribution in [0.3, 0.4) is 0 Å². The van der Waals surface area contributed by atoms with Crippen LogP contribution in [0.2, 0.25) is 0 Å². The van der Waals surface area contributed by atoms with Crippen LogP contribution in [-0.2, 0) is 14.3 Å². The molecule has 0 spiro atoms. The first kappa shape index (κ1) is 23.1. The minimum atomic E-state index is -0.205. The molecular weight excluding hydrogens is 300 g/mol. The van der Waals surface area contributed by atoms with Crippen LogP contribution in [0.4, 0.5) is 0 Å². The van der Waals surface area contributed by atoms with Gasteiger partial charge < -0.3 is 9.53 Å². The summed E-state index contributed by atoms with van der Waals surface area (Å²) >= 11 is 0. The fourth-order valence-electron chi connectivity index (χ4n) is 2.99. The molecule has 0 atom stereocenters. The fraction of sp³-hybridized carbons (Fsp3) is 0.905.